The summed E-state index contributed by atoms with van der Waals surface area (Å²) in [6.45, 7) is 1.56. The first-order valence-corrected chi connectivity index (χ1v) is 10.3. The normalized spacial score (nSPS) is 28.5. The van der Waals surface area contributed by atoms with Crippen molar-refractivity contribution in [1.82, 2.24) is 4.90 Å². The standard InChI is InChI=1S/C19H27NO4S/c1-23-16-5-3-4-6-17(16)24-18-10-14-12-20(19(22)7-8-25-2)11-13(14)9-15(18)21/h3-6,13-15,18,21H,7-12H2,1-2H3/t13-,14+,15+,18+/m0/s1. The lowest BCUT2D eigenvalue weighted by Crippen LogP contribution is -2.42. The highest BCUT2D eigenvalue weighted by molar-refractivity contribution is 7.98. The average molecular weight is 365 g/mol. The number of hydrogen-bond donors (Lipinski definition) is 1. The molecule has 2 fully saturated rings. The Bertz CT molecular complexity index is 597. The molecule has 1 aromatic carbocycles. The summed E-state index contributed by atoms with van der Waals surface area (Å²) < 4.78 is 11.4. The largest absolute Gasteiger partial charge is 0.493 e. The lowest BCUT2D eigenvalue weighted by Gasteiger charge is -2.35. The van der Waals surface area contributed by atoms with Crippen LogP contribution in [-0.2, 0) is 4.79 Å². The monoisotopic (exact) mass is 365 g/mol. The van der Waals surface area contributed by atoms with Crippen LogP contribution < -0.4 is 9.47 Å². The van der Waals surface area contributed by atoms with E-state index in [1.807, 2.05) is 35.4 Å². The fraction of sp³-hybridized carbons (Fsp3) is 0.632. The van der Waals surface area contributed by atoms with Crippen molar-refractivity contribution < 1.29 is 19.4 Å². The smallest absolute Gasteiger partial charge is 0.223 e. The molecular weight excluding hydrogens is 338 g/mol. The van der Waals surface area contributed by atoms with E-state index in [1.165, 1.54) is 0 Å². The van der Waals surface area contributed by atoms with Gasteiger partial charge in [0.2, 0.25) is 5.91 Å². The van der Waals surface area contributed by atoms with Crippen LogP contribution in [-0.4, -0.2) is 60.3 Å². The molecule has 4 atom stereocenters. The van der Waals surface area contributed by atoms with Gasteiger partial charge >= 0.3 is 0 Å². The van der Waals surface area contributed by atoms with Gasteiger partial charge in [-0.15, -0.1) is 0 Å². The maximum Gasteiger partial charge on any atom is 0.223 e. The Morgan fingerprint density at radius 2 is 1.92 bits per heavy atom. The Morgan fingerprint density at radius 1 is 1.24 bits per heavy atom. The van der Waals surface area contributed by atoms with Gasteiger partial charge in [-0.2, -0.15) is 11.8 Å². The zero-order valence-electron chi connectivity index (χ0n) is 14.9. The molecule has 1 amide bonds. The third-order valence-electron chi connectivity index (χ3n) is 5.31. The van der Waals surface area contributed by atoms with E-state index in [0.717, 1.165) is 25.3 Å². The minimum atomic E-state index is -0.507. The number of thioether (sulfide) groups is 1. The fourth-order valence-electron chi connectivity index (χ4n) is 3.95. The first kappa shape index (κ1) is 18.4. The van der Waals surface area contributed by atoms with E-state index in [-0.39, 0.29) is 12.0 Å². The van der Waals surface area contributed by atoms with Crippen LogP contribution in [0.4, 0.5) is 0 Å². The van der Waals surface area contributed by atoms with Crippen LogP contribution in [0, 0.1) is 11.8 Å². The van der Waals surface area contributed by atoms with Gasteiger partial charge in [-0.05, 0) is 43.1 Å². The molecule has 1 aromatic rings. The molecule has 0 bridgehead atoms. The van der Waals surface area contributed by atoms with Gasteiger partial charge in [0.25, 0.3) is 0 Å². The maximum atomic E-state index is 12.3. The minimum Gasteiger partial charge on any atom is -0.493 e. The number of benzene rings is 1. The summed E-state index contributed by atoms with van der Waals surface area (Å²) in [6, 6.07) is 7.52. The molecule has 5 nitrogen and oxygen atoms in total. The highest BCUT2D eigenvalue weighted by Crippen LogP contribution is 2.39. The topological polar surface area (TPSA) is 59.0 Å². The molecule has 1 aliphatic carbocycles. The summed E-state index contributed by atoms with van der Waals surface area (Å²) in [5, 5.41) is 10.5. The van der Waals surface area contributed by atoms with E-state index in [1.54, 1.807) is 18.9 Å². The summed E-state index contributed by atoms with van der Waals surface area (Å²) in [5.74, 6) is 3.23. The number of para-hydroxylation sites is 2. The molecule has 25 heavy (non-hydrogen) atoms. The van der Waals surface area contributed by atoms with Crippen molar-refractivity contribution >= 4 is 17.7 Å². The zero-order valence-corrected chi connectivity index (χ0v) is 15.7. The Morgan fingerprint density at radius 3 is 2.60 bits per heavy atom. The number of fused-ring (bicyclic) bond motifs is 1. The van der Waals surface area contributed by atoms with E-state index in [4.69, 9.17) is 9.47 Å². The molecule has 1 N–H and O–H groups in total. The van der Waals surface area contributed by atoms with Crippen LogP contribution in [0.25, 0.3) is 0 Å². The summed E-state index contributed by atoms with van der Waals surface area (Å²) >= 11 is 1.70. The van der Waals surface area contributed by atoms with Crippen LogP contribution in [0.15, 0.2) is 24.3 Å². The average Bonchev–Trinajstić information content (AvgIpc) is 3.03. The van der Waals surface area contributed by atoms with Crippen molar-refractivity contribution in [2.24, 2.45) is 11.8 Å². The molecule has 6 heteroatoms. The molecule has 138 valence electrons. The lowest BCUT2D eigenvalue weighted by molar-refractivity contribution is -0.129. The molecule has 0 unspecified atom stereocenters. The molecule has 1 saturated carbocycles. The number of ether oxygens (including phenoxy) is 2. The van der Waals surface area contributed by atoms with Gasteiger partial charge in [0.05, 0.1) is 13.2 Å². The Hall–Kier alpha value is -1.40. The minimum absolute atomic E-state index is 0.237. The van der Waals surface area contributed by atoms with Crippen molar-refractivity contribution in [3.8, 4) is 11.5 Å². The first-order valence-electron chi connectivity index (χ1n) is 8.86. The summed E-state index contributed by atoms with van der Waals surface area (Å²) in [5.41, 5.74) is 0. The van der Waals surface area contributed by atoms with Gasteiger partial charge < -0.3 is 19.5 Å². The molecule has 0 aromatic heterocycles. The van der Waals surface area contributed by atoms with E-state index in [0.29, 0.717) is 36.2 Å². The number of likely N-dealkylation sites (tertiary alicyclic amines) is 1. The molecule has 0 spiro atoms. The van der Waals surface area contributed by atoms with Crippen LogP contribution in [0.5, 0.6) is 11.5 Å². The highest BCUT2D eigenvalue weighted by Gasteiger charge is 2.43. The van der Waals surface area contributed by atoms with Gasteiger partial charge in [-0.1, -0.05) is 12.1 Å². The molecule has 1 saturated heterocycles. The third-order valence-corrected chi connectivity index (χ3v) is 5.92. The Kier molecular flexibility index (Phi) is 6.12. The van der Waals surface area contributed by atoms with Gasteiger partial charge in [0.15, 0.2) is 11.5 Å². The predicted octanol–water partition coefficient (Wildman–Crippen LogP) is 2.43. The number of hydrogen-bond acceptors (Lipinski definition) is 5. The van der Waals surface area contributed by atoms with Crippen LogP contribution in [0.2, 0.25) is 0 Å². The molecule has 3 rings (SSSR count). The van der Waals surface area contributed by atoms with E-state index >= 15 is 0 Å². The number of carbonyl (C=O) groups is 1. The quantitative estimate of drug-likeness (QED) is 0.839. The Balaban J connectivity index is 1.62. The lowest BCUT2D eigenvalue weighted by atomic mass is 9.78. The third kappa shape index (κ3) is 4.23. The zero-order chi connectivity index (χ0) is 17.8. The Labute approximate surface area is 153 Å². The van der Waals surface area contributed by atoms with E-state index in [9.17, 15) is 9.90 Å². The fourth-order valence-corrected chi connectivity index (χ4v) is 4.33. The van der Waals surface area contributed by atoms with Crippen molar-refractivity contribution in [3.05, 3.63) is 24.3 Å². The predicted molar refractivity (Wildman–Crippen MR) is 99.2 cm³/mol. The van der Waals surface area contributed by atoms with Crippen molar-refractivity contribution in [3.63, 3.8) is 0 Å². The van der Waals surface area contributed by atoms with Gasteiger partial charge in [0, 0.05) is 25.3 Å². The van der Waals surface area contributed by atoms with E-state index in [2.05, 4.69) is 0 Å². The van der Waals surface area contributed by atoms with Crippen LogP contribution in [0.1, 0.15) is 19.3 Å². The SMILES string of the molecule is COc1ccccc1O[C@@H]1C[C@@H]2CN(C(=O)CCSC)C[C@@H]2C[C@H]1O. The number of carbonyl (C=O) groups excluding carboxylic acids is 1. The molecule has 2 aliphatic rings. The number of rotatable bonds is 6. The van der Waals surface area contributed by atoms with Crippen molar-refractivity contribution in [1.29, 1.82) is 0 Å². The molecule has 1 heterocycles. The number of amides is 1. The number of aliphatic hydroxyl groups is 1. The van der Waals surface area contributed by atoms with Crippen LogP contribution >= 0.6 is 11.8 Å². The molecule has 1 aliphatic heterocycles. The summed E-state index contributed by atoms with van der Waals surface area (Å²) in [6.07, 6.45) is 3.33. The molecule has 0 radical (unpaired) electrons. The second-order valence-corrected chi connectivity index (χ2v) is 7.89. The second-order valence-electron chi connectivity index (χ2n) is 6.91. The van der Waals surface area contributed by atoms with E-state index < -0.39 is 6.10 Å². The maximum absolute atomic E-state index is 12.3. The second kappa shape index (κ2) is 8.32. The summed E-state index contributed by atoms with van der Waals surface area (Å²) in [7, 11) is 1.62. The molecular formula is C19H27NO4S. The van der Waals surface area contributed by atoms with Crippen molar-refractivity contribution in [2.45, 2.75) is 31.5 Å². The first-order chi connectivity index (χ1) is 12.1. The summed E-state index contributed by atoms with van der Waals surface area (Å²) in [4.78, 5) is 14.3. The number of nitrogens with zero attached hydrogens (tertiary/aromatic N) is 1. The highest BCUT2D eigenvalue weighted by atomic mass is 32.2. The van der Waals surface area contributed by atoms with Gasteiger partial charge in [0.1, 0.15) is 6.10 Å². The van der Waals surface area contributed by atoms with Crippen LogP contribution in [0.3, 0.4) is 0 Å². The van der Waals surface area contributed by atoms with Gasteiger partial charge in [-0.25, -0.2) is 0 Å². The van der Waals surface area contributed by atoms with Crippen molar-refractivity contribution in [2.75, 3.05) is 32.2 Å². The number of methoxy groups -OCH3 is 1. The number of aliphatic hydroxyl groups excluding tert-OH is 1. The van der Waals surface area contributed by atoms with Gasteiger partial charge in [-0.3, -0.25) is 4.79 Å².